The highest BCUT2D eigenvalue weighted by Gasteiger charge is 2.38. The van der Waals surface area contributed by atoms with Crippen LogP contribution in [0.4, 0.5) is 4.79 Å². The average Bonchev–Trinajstić information content (AvgIpc) is 3.12. The van der Waals surface area contributed by atoms with Crippen molar-refractivity contribution in [3.8, 4) is 0 Å². The standard InChI is InChI=1S/C14H20N2O3S/c1-3-14(2,12(17)18)15-13(19)16(11-4-5-11)8-10-6-7-20-9-10/h6-7,9,11H,3-5,8H2,1-2H3,(H,15,19)(H,17,18). The van der Waals surface area contributed by atoms with Gasteiger partial charge in [0.05, 0.1) is 0 Å². The fourth-order valence-electron chi connectivity index (χ4n) is 1.93. The maximum absolute atomic E-state index is 12.4. The van der Waals surface area contributed by atoms with Crippen LogP contribution in [0, 0.1) is 0 Å². The van der Waals surface area contributed by atoms with E-state index in [2.05, 4.69) is 5.32 Å². The first-order valence-electron chi connectivity index (χ1n) is 6.79. The van der Waals surface area contributed by atoms with E-state index in [4.69, 9.17) is 0 Å². The Bertz CT molecular complexity index is 485. The zero-order chi connectivity index (χ0) is 14.8. The zero-order valence-corrected chi connectivity index (χ0v) is 12.6. The molecule has 0 aromatic carbocycles. The molecule has 2 N–H and O–H groups in total. The number of carboxylic acid groups (broad SMARTS) is 1. The van der Waals surface area contributed by atoms with Crippen LogP contribution in [0.1, 0.15) is 38.7 Å². The van der Waals surface area contributed by atoms with E-state index >= 15 is 0 Å². The molecule has 1 unspecified atom stereocenters. The average molecular weight is 296 g/mol. The third-order valence-electron chi connectivity index (χ3n) is 3.74. The Labute approximate surface area is 122 Å². The van der Waals surface area contributed by atoms with Gasteiger partial charge in [-0.05, 0) is 48.6 Å². The van der Waals surface area contributed by atoms with E-state index in [9.17, 15) is 14.7 Å². The van der Waals surface area contributed by atoms with Crippen LogP contribution in [-0.4, -0.2) is 33.6 Å². The van der Waals surface area contributed by atoms with Crippen LogP contribution in [0.15, 0.2) is 16.8 Å². The second-order valence-corrected chi connectivity index (χ2v) is 6.19. The van der Waals surface area contributed by atoms with Crippen molar-refractivity contribution in [1.82, 2.24) is 10.2 Å². The fraction of sp³-hybridized carbons (Fsp3) is 0.571. The van der Waals surface area contributed by atoms with Crippen LogP contribution >= 0.6 is 11.3 Å². The monoisotopic (exact) mass is 296 g/mol. The highest BCUT2D eigenvalue weighted by molar-refractivity contribution is 7.07. The lowest BCUT2D eigenvalue weighted by atomic mass is 10.00. The first-order valence-corrected chi connectivity index (χ1v) is 7.74. The summed E-state index contributed by atoms with van der Waals surface area (Å²) < 4.78 is 0. The molecule has 2 rings (SSSR count). The van der Waals surface area contributed by atoms with Gasteiger partial charge in [0.1, 0.15) is 5.54 Å². The van der Waals surface area contributed by atoms with E-state index in [-0.39, 0.29) is 12.1 Å². The Morgan fingerprint density at radius 3 is 2.70 bits per heavy atom. The van der Waals surface area contributed by atoms with Crippen molar-refractivity contribution < 1.29 is 14.7 Å². The molecule has 1 aromatic heterocycles. The number of carbonyl (C=O) groups is 2. The fourth-order valence-corrected chi connectivity index (χ4v) is 2.59. The number of aliphatic carboxylic acids is 1. The normalized spacial score (nSPS) is 17.3. The second-order valence-electron chi connectivity index (χ2n) is 5.41. The van der Waals surface area contributed by atoms with Gasteiger partial charge in [0.2, 0.25) is 0 Å². The molecule has 5 nitrogen and oxygen atoms in total. The van der Waals surface area contributed by atoms with Crippen LogP contribution < -0.4 is 5.32 Å². The van der Waals surface area contributed by atoms with E-state index in [1.807, 2.05) is 16.8 Å². The van der Waals surface area contributed by atoms with Crippen molar-refractivity contribution in [1.29, 1.82) is 0 Å². The topological polar surface area (TPSA) is 69.6 Å². The lowest BCUT2D eigenvalue weighted by molar-refractivity contribution is -0.143. The molecule has 1 atom stereocenters. The van der Waals surface area contributed by atoms with Gasteiger partial charge in [-0.2, -0.15) is 11.3 Å². The van der Waals surface area contributed by atoms with Gasteiger partial charge < -0.3 is 15.3 Å². The number of amides is 2. The minimum absolute atomic E-state index is 0.241. The first kappa shape index (κ1) is 14.8. The number of urea groups is 1. The summed E-state index contributed by atoms with van der Waals surface area (Å²) in [5, 5.41) is 15.9. The van der Waals surface area contributed by atoms with E-state index in [0.717, 1.165) is 18.4 Å². The molecule has 0 radical (unpaired) electrons. The van der Waals surface area contributed by atoms with E-state index in [0.29, 0.717) is 13.0 Å². The highest BCUT2D eigenvalue weighted by Crippen LogP contribution is 2.29. The molecule has 0 saturated heterocycles. The Kier molecular flexibility index (Phi) is 4.32. The number of carbonyl (C=O) groups excluding carboxylic acids is 1. The van der Waals surface area contributed by atoms with E-state index < -0.39 is 11.5 Å². The molecule has 6 heteroatoms. The summed E-state index contributed by atoms with van der Waals surface area (Å²) in [6.07, 6.45) is 2.34. The third kappa shape index (κ3) is 3.30. The Morgan fingerprint density at radius 1 is 1.55 bits per heavy atom. The molecule has 1 aliphatic rings. The predicted molar refractivity (Wildman–Crippen MR) is 77.7 cm³/mol. The second kappa shape index (κ2) is 5.83. The van der Waals surface area contributed by atoms with Crippen LogP contribution in [-0.2, 0) is 11.3 Å². The van der Waals surface area contributed by atoms with Crippen LogP contribution in [0.5, 0.6) is 0 Å². The smallest absolute Gasteiger partial charge is 0.329 e. The highest BCUT2D eigenvalue weighted by atomic mass is 32.1. The van der Waals surface area contributed by atoms with Crippen molar-refractivity contribution in [3.63, 3.8) is 0 Å². The number of hydrogen-bond acceptors (Lipinski definition) is 3. The predicted octanol–water partition coefficient (Wildman–Crippen LogP) is 2.68. The summed E-state index contributed by atoms with van der Waals surface area (Å²) in [6.45, 7) is 3.84. The molecule has 20 heavy (non-hydrogen) atoms. The Balaban J connectivity index is 2.06. The van der Waals surface area contributed by atoms with Gasteiger partial charge in [0, 0.05) is 12.6 Å². The number of hydrogen-bond donors (Lipinski definition) is 2. The van der Waals surface area contributed by atoms with Crippen molar-refractivity contribution in [2.45, 2.75) is 51.2 Å². The minimum Gasteiger partial charge on any atom is -0.480 e. The number of rotatable bonds is 6. The van der Waals surface area contributed by atoms with Crippen LogP contribution in [0.3, 0.4) is 0 Å². The molecule has 0 bridgehead atoms. The number of carboxylic acids is 1. The summed E-state index contributed by atoms with van der Waals surface area (Å²) >= 11 is 1.60. The van der Waals surface area contributed by atoms with Crippen molar-refractivity contribution in [2.75, 3.05) is 0 Å². The van der Waals surface area contributed by atoms with Gasteiger partial charge in [-0.25, -0.2) is 9.59 Å². The zero-order valence-electron chi connectivity index (χ0n) is 11.8. The third-order valence-corrected chi connectivity index (χ3v) is 4.48. The van der Waals surface area contributed by atoms with Crippen molar-refractivity contribution >= 4 is 23.3 Å². The van der Waals surface area contributed by atoms with Crippen LogP contribution in [0.25, 0.3) is 0 Å². The quantitative estimate of drug-likeness (QED) is 0.848. The maximum atomic E-state index is 12.4. The maximum Gasteiger partial charge on any atom is 0.329 e. The SMILES string of the molecule is CCC(C)(NC(=O)N(Cc1ccsc1)C1CC1)C(=O)O. The van der Waals surface area contributed by atoms with Crippen LogP contribution in [0.2, 0.25) is 0 Å². The van der Waals surface area contributed by atoms with Gasteiger partial charge >= 0.3 is 12.0 Å². The molecule has 1 aromatic rings. The molecule has 0 spiro atoms. The Hall–Kier alpha value is -1.56. The van der Waals surface area contributed by atoms with Gasteiger partial charge in [0.15, 0.2) is 0 Å². The largest absolute Gasteiger partial charge is 0.480 e. The van der Waals surface area contributed by atoms with E-state index in [1.165, 1.54) is 0 Å². The number of nitrogens with one attached hydrogen (secondary N) is 1. The molecule has 1 heterocycles. The molecule has 1 aliphatic carbocycles. The molecule has 0 aliphatic heterocycles. The number of nitrogens with zero attached hydrogens (tertiary/aromatic N) is 1. The molecule has 1 saturated carbocycles. The molecule has 110 valence electrons. The molecular formula is C14H20N2O3S. The van der Waals surface area contributed by atoms with E-state index in [1.54, 1.807) is 30.1 Å². The molecule has 1 fully saturated rings. The summed E-state index contributed by atoms with van der Waals surface area (Å²) in [7, 11) is 0. The number of thiophene rings is 1. The summed E-state index contributed by atoms with van der Waals surface area (Å²) in [5.41, 5.74) is -0.121. The summed E-state index contributed by atoms with van der Waals surface area (Å²) in [6, 6.07) is 1.94. The Morgan fingerprint density at radius 2 is 2.25 bits per heavy atom. The van der Waals surface area contributed by atoms with Crippen molar-refractivity contribution in [3.05, 3.63) is 22.4 Å². The molecule has 2 amide bonds. The lowest BCUT2D eigenvalue weighted by Crippen LogP contribution is -2.56. The first-order chi connectivity index (χ1) is 9.46. The minimum atomic E-state index is -1.21. The lowest BCUT2D eigenvalue weighted by Gasteiger charge is -2.30. The van der Waals surface area contributed by atoms with Gasteiger partial charge in [-0.15, -0.1) is 0 Å². The summed E-state index contributed by atoms with van der Waals surface area (Å²) in [5.74, 6) is -1.00. The van der Waals surface area contributed by atoms with Gasteiger partial charge in [-0.3, -0.25) is 0 Å². The molecular weight excluding hydrogens is 276 g/mol. The summed E-state index contributed by atoms with van der Waals surface area (Å²) in [4.78, 5) is 25.4. The van der Waals surface area contributed by atoms with Gasteiger partial charge in [0.25, 0.3) is 0 Å². The van der Waals surface area contributed by atoms with Gasteiger partial charge in [-0.1, -0.05) is 6.92 Å². The van der Waals surface area contributed by atoms with Crippen molar-refractivity contribution in [2.24, 2.45) is 0 Å².